The zero-order chi connectivity index (χ0) is 14.5. The third kappa shape index (κ3) is 3.67. The highest BCUT2D eigenvalue weighted by Gasteiger charge is 2.13. The Morgan fingerprint density at radius 2 is 1.95 bits per heavy atom. The molecule has 0 amide bonds. The van der Waals surface area contributed by atoms with E-state index < -0.39 is 0 Å². The molecule has 0 unspecified atom stereocenters. The minimum atomic E-state index is 0.853. The quantitative estimate of drug-likeness (QED) is 0.824. The summed E-state index contributed by atoms with van der Waals surface area (Å²) in [5.74, 6) is 1.81. The van der Waals surface area contributed by atoms with Gasteiger partial charge in [0, 0.05) is 18.5 Å². The van der Waals surface area contributed by atoms with E-state index in [0.717, 1.165) is 51.0 Å². The molecule has 0 spiro atoms. The van der Waals surface area contributed by atoms with Crippen molar-refractivity contribution in [3.8, 4) is 0 Å². The minimum Gasteiger partial charge on any atom is -0.370 e. The maximum absolute atomic E-state index is 4.66. The molecule has 0 radical (unpaired) electrons. The Bertz CT molecular complexity index is 582. The van der Waals surface area contributed by atoms with Crippen molar-refractivity contribution in [2.45, 2.75) is 49.9 Å². The molecule has 2 heterocycles. The lowest BCUT2D eigenvalue weighted by Crippen LogP contribution is -2.07. The molecule has 108 valence electrons. The lowest BCUT2D eigenvalue weighted by Gasteiger charge is -2.11. The summed E-state index contributed by atoms with van der Waals surface area (Å²) in [7, 11) is 0. The largest absolute Gasteiger partial charge is 0.370 e. The maximum Gasteiger partial charge on any atom is 0.180 e. The first kappa shape index (κ1) is 15.2. The second-order valence-corrected chi connectivity index (χ2v) is 6.81. The molecule has 0 aromatic carbocycles. The van der Waals surface area contributed by atoms with Crippen molar-refractivity contribution in [3.63, 3.8) is 0 Å². The predicted octanol–water partition coefficient (Wildman–Crippen LogP) is 3.48. The number of nitrogens with one attached hydrogen (secondary N) is 1. The van der Waals surface area contributed by atoms with Crippen LogP contribution in [0.4, 0.5) is 5.82 Å². The smallest absolute Gasteiger partial charge is 0.180 e. The second kappa shape index (κ2) is 6.99. The Balaban J connectivity index is 2.33. The Hall–Kier alpha value is -1.21. The molecule has 0 saturated heterocycles. The average Bonchev–Trinajstić information content (AvgIpc) is 2.81. The van der Waals surface area contributed by atoms with E-state index in [1.807, 2.05) is 13.8 Å². The van der Waals surface area contributed by atoms with Crippen LogP contribution in [-0.4, -0.2) is 26.7 Å². The fraction of sp³-hybridized carbons (Fsp3) is 0.538. The van der Waals surface area contributed by atoms with E-state index in [4.69, 9.17) is 0 Å². The third-order valence-electron chi connectivity index (χ3n) is 2.66. The van der Waals surface area contributed by atoms with Gasteiger partial charge >= 0.3 is 0 Å². The van der Waals surface area contributed by atoms with Crippen LogP contribution in [0.1, 0.15) is 36.7 Å². The van der Waals surface area contributed by atoms with Gasteiger partial charge in [-0.3, -0.25) is 0 Å². The first-order valence-corrected chi connectivity index (χ1v) is 8.36. The van der Waals surface area contributed by atoms with E-state index in [1.54, 1.807) is 23.1 Å². The van der Waals surface area contributed by atoms with Crippen molar-refractivity contribution in [3.05, 3.63) is 16.4 Å². The standard InChI is InChI=1S/C13H19N5S2/c1-5-7-10-15-11(14-6-2)8(3)12(16-10)20-13-18-17-9(4)19-13/h5-7H2,1-4H3,(H,14,15,16). The van der Waals surface area contributed by atoms with E-state index in [0.29, 0.717) is 0 Å². The number of aryl methyl sites for hydroxylation is 2. The van der Waals surface area contributed by atoms with Crippen molar-refractivity contribution in [1.82, 2.24) is 20.2 Å². The van der Waals surface area contributed by atoms with Crippen LogP contribution in [0.3, 0.4) is 0 Å². The van der Waals surface area contributed by atoms with Crippen LogP contribution in [0, 0.1) is 13.8 Å². The number of hydrogen-bond acceptors (Lipinski definition) is 7. The molecule has 0 aliphatic carbocycles. The van der Waals surface area contributed by atoms with Gasteiger partial charge in [0.25, 0.3) is 0 Å². The molecule has 0 aliphatic heterocycles. The zero-order valence-electron chi connectivity index (χ0n) is 12.2. The Kier molecular flexibility index (Phi) is 5.31. The third-order valence-corrected chi connectivity index (χ3v) is 4.64. The maximum atomic E-state index is 4.66. The molecule has 2 aromatic heterocycles. The predicted molar refractivity (Wildman–Crippen MR) is 83.7 cm³/mol. The normalized spacial score (nSPS) is 10.8. The topological polar surface area (TPSA) is 63.6 Å². The van der Waals surface area contributed by atoms with Gasteiger partial charge in [-0.25, -0.2) is 9.97 Å². The Morgan fingerprint density at radius 1 is 1.15 bits per heavy atom. The van der Waals surface area contributed by atoms with Crippen molar-refractivity contribution in [2.24, 2.45) is 0 Å². The number of hydrogen-bond donors (Lipinski definition) is 1. The van der Waals surface area contributed by atoms with E-state index in [-0.39, 0.29) is 0 Å². The van der Waals surface area contributed by atoms with Gasteiger partial charge in [-0.05, 0) is 39.0 Å². The van der Waals surface area contributed by atoms with Gasteiger partial charge in [-0.1, -0.05) is 18.3 Å². The molecule has 0 atom stereocenters. The van der Waals surface area contributed by atoms with E-state index >= 15 is 0 Å². The number of nitrogens with zero attached hydrogens (tertiary/aromatic N) is 4. The molecule has 1 N–H and O–H groups in total. The van der Waals surface area contributed by atoms with Gasteiger partial charge in [-0.15, -0.1) is 10.2 Å². The number of rotatable bonds is 6. The summed E-state index contributed by atoms with van der Waals surface area (Å²) in [6.45, 7) is 9.07. The molecule has 5 nitrogen and oxygen atoms in total. The first-order valence-electron chi connectivity index (χ1n) is 6.73. The fourth-order valence-electron chi connectivity index (χ4n) is 1.72. The summed E-state index contributed by atoms with van der Waals surface area (Å²) in [4.78, 5) is 9.25. The molecule has 0 aliphatic rings. The van der Waals surface area contributed by atoms with Crippen LogP contribution >= 0.6 is 23.1 Å². The van der Waals surface area contributed by atoms with E-state index in [9.17, 15) is 0 Å². The lowest BCUT2D eigenvalue weighted by atomic mass is 10.3. The zero-order valence-corrected chi connectivity index (χ0v) is 13.9. The first-order chi connectivity index (χ1) is 9.63. The monoisotopic (exact) mass is 309 g/mol. The summed E-state index contributed by atoms with van der Waals surface area (Å²) >= 11 is 3.16. The van der Waals surface area contributed by atoms with Gasteiger partial charge in [-0.2, -0.15) is 0 Å². The van der Waals surface area contributed by atoms with Gasteiger partial charge < -0.3 is 5.32 Å². The minimum absolute atomic E-state index is 0.853. The summed E-state index contributed by atoms with van der Waals surface area (Å²) in [6, 6.07) is 0. The van der Waals surface area contributed by atoms with Gasteiger partial charge in [0.05, 0.1) is 0 Å². The van der Waals surface area contributed by atoms with Gasteiger partial charge in [0.15, 0.2) is 4.34 Å². The lowest BCUT2D eigenvalue weighted by molar-refractivity contribution is 0.801. The van der Waals surface area contributed by atoms with Crippen LogP contribution in [0.2, 0.25) is 0 Å². The van der Waals surface area contributed by atoms with Crippen LogP contribution in [0.25, 0.3) is 0 Å². The molecular formula is C13H19N5S2. The van der Waals surface area contributed by atoms with Crippen LogP contribution in [0.5, 0.6) is 0 Å². The second-order valence-electron chi connectivity index (χ2n) is 4.39. The van der Waals surface area contributed by atoms with Gasteiger partial charge in [0.2, 0.25) is 0 Å². The SMILES string of the molecule is CCCc1nc(NCC)c(C)c(Sc2nnc(C)s2)n1. The molecule has 2 rings (SSSR count). The summed E-state index contributed by atoms with van der Waals surface area (Å²) in [6.07, 6.45) is 1.93. The molecule has 2 aromatic rings. The van der Waals surface area contributed by atoms with E-state index in [2.05, 4.69) is 39.3 Å². The highest BCUT2D eigenvalue weighted by Crippen LogP contribution is 2.33. The van der Waals surface area contributed by atoms with Crippen LogP contribution < -0.4 is 5.32 Å². The molecular weight excluding hydrogens is 290 g/mol. The molecule has 20 heavy (non-hydrogen) atoms. The van der Waals surface area contributed by atoms with Crippen LogP contribution in [0.15, 0.2) is 9.37 Å². The Morgan fingerprint density at radius 3 is 2.55 bits per heavy atom. The highest BCUT2D eigenvalue weighted by molar-refractivity contribution is 8.01. The summed E-state index contributed by atoms with van der Waals surface area (Å²) in [5, 5.41) is 13.5. The molecule has 0 fully saturated rings. The molecule has 0 saturated carbocycles. The van der Waals surface area contributed by atoms with E-state index in [1.165, 1.54) is 0 Å². The fourth-order valence-corrected chi connectivity index (χ4v) is 3.55. The average molecular weight is 309 g/mol. The van der Waals surface area contributed by atoms with Crippen molar-refractivity contribution in [1.29, 1.82) is 0 Å². The number of anilines is 1. The highest BCUT2D eigenvalue weighted by atomic mass is 32.2. The van der Waals surface area contributed by atoms with Crippen molar-refractivity contribution in [2.75, 3.05) is 11.9 Å². The van der Waals surface area contributed by atoms with Crippen molar-refractivity contribution < 1.29 is 0 Å². The van der Waals surface area contributed by atoms with Crippen LogP contribution in [-0.2, 0) is 6.42 Å². The molecule has 7 heteroatoms. The van der Waals surface area contributed by atoms with Gasteiger partial charge in [0.1, 0.15) is 21.7 Å². The number of aromatic nitrogens is 4. The summed E-state index contributed by atoms with van der Waals surface area (Å²) < 4.78 is 0.925. The summed E-state index contributed by atoms with van der Waals surface area (Å²) in [5.41, 5.74) is 1.07. The molecule has 0 bridgehead atoms. The van der Waals surface area contributed by atoms with Crippen molar-refractivity contribution >= 4 is 28.9 Å². The Labute approximate surface area is 127 Å².